The van der Waals surface area contributed by atoms with E-state index in [1.54, 1.807) is 12.1 Å². The number of rotatable bonds is 7. The maximum atomic E-state index is 12.0. The van der Waals surface area contributed by atoms with Gasteiger partial charge in [-0.3, -0.25) is 9.59 Å². The topological polar surface area (TPSA) is 98.7 Å². The van der Waals surface area contributed by atoms with Crippen LogP contribution in [-0.2, 0) is 16.1 Å². The van der Waals surface area contributed by atoms with Crippen LogP contribution in [-0.4, -0.2) is 36.4 Å². The minimum Gasteiger partial charge on any atom is -0.435 e. The summed E-state index contributed by atoms with van der Waals surface area (Å²) in [4.78, 5) is 23.9. The van der Waals surface area contributed by atoms with Crippen LogP contribution in [0.5, 0.6) is 5.75 Å². The highest BCUT2D eigenvalue weighted by Crippen LogP contribution is 2.16. The van der Waals surface area contributed by atoms with Crippen LogP contribution >= 0.6 is 12.4 Å². The minimum atomic E-state index is -2.88. The van der Waals surface area contributed by atoms with Gasteiger partial charge in [0.15, 0.2) is 0 Å². The Morgan fingerprint density at radius 1 is 1.27 bits per heavy atom. The van der Waals surface area contributed by atoms with Gasteiger partial charge in [-0.1, -0.05) is 12.1 Å². The van der Waals surface area contributed by atoms with Gasteiger partial charge in [0.25, 0.3) is 0 Å². The zero-order valence-corrected chi connectivity index (χ0v) is 12.7. The molecule has 1 unspecified atom stereocenters. The Bertz CT molecular complexity index is 500. The number of likely N-dealkylation sites (N-methyl/N-ethyl adjacent to an activating group) is 1. The van der Waals surface area contributed by atoms with E-state index in [-0.39, 0.29) is 31.1 Å². The van der Waals surface area contributed by atoms with Gasteiger partial charge in [0.05, 0.1) is 12.5 Å². The molecule has 1 aromatic rings. The van der Waals surface area contributed by atoms with Crippen molar-refractivity contribution in [3.05, 3.63) is 29.8 Å². The molecule has 0 heterocycles. The third-order valence-electron chi connectivity index (χ3n) is 2.68. The Morgan fingerprint density at radius 3 is 2.27 bits per heavy atom. The highest BCUT2D eigenvalue weighted by molar-refractivity contribution is 5.87. The molecule has 0 aromatic heterocycles. The maximum absolute atomic E-state index is 12.0. The Balaban J connectivity index is 0.00000441. The summed E-state index contributed by atoms with van der Waals surface area (Å²) in [6.07, 6.45) is -0.232. The van der Waals surface area contributed by atoms with Gasteiger partial charge >= 0.3 is 6.61 Å². The summed E-state index contributed by atoms with van der Waals surface area (Å²) in [7, 11) is 1.52. The van der Waals surface area contributed by atoms with Crippen LogP contribution in [0.2, 0.25) is 0 Å². The molecule has 1 atom stereocenters. The van der Waals surface area contributed by atoms with E-state index >= 15 is 0 Å². The molecule has 1 aromatic carbocycles. The van der Waals surface area contributed by atoms with E-state index < -0.39 is 24.5 Å². The SMILES string of the molecule is CN(Cc1ccc(OC(F)F)cc1)C(=O)C(N)CC(N)=O.Cl. The Hall–Kier alpha value is -1.93. The normalized spacial score (nSPS) is 11.5. The van der Waals surface area contributed by atoms with E-state index in [0.717, 1.165) is 0 Å². The quantitative estimate of drug-likeness (QED) is 0.771. The largest absolute Gasteiger partial charge is 0.435 e. The lowest BCUT2D eigenvalue weighted by Crippen LogP contribution is -2.43. The number of amides is 2. The van der Waals surface area contributed by atoms with E-state index in [9.17, 15) is 18.4 Å². The van der Waals surface area contributed by atoms with E-state index in [4.69, 9.17) is 11.5 Å². The van der Waals surface area contributed by atoms with Crippen LogP contribution < -0.4 is 16.2 Å². The summed E-state index contributed by atoms with van der Waals surface area (Å²) in [6.45, 7) is -2.66. The predicted molar refractivity (Wildman–Crippen MR) is 78.6 cm³/mol. The van der Waals surface area contributed by atoms with Crippen LogP contribution in [0.25, 0.3) is 0 Å². The molecule has 6 nitrogen and oxygen atoms in total. The van der Waals surface area contributed by atoms with Crippen LogP contribution in [0.3, 0.4) is 0 Å². The van der Waals surface area contributed by atoms with Crippen LogP contribution in [0.1, 0.15) is 12.0 Å². The number of primary amides is 1. The zero-order chi connectivity index (χ0) is 16.0. The Labute approximate surface area is 132 Å². The number of nitrogens with two attached hydrogens (primary N) is 2. The van der Waals surface area contributed by atoms with Crippen molar-refractivity contribution in [3.8, 4) is 5.75 Å². The lowest BCUT2D eigenvalue weighted by atomic mass is 10.1. The van der Waals surface area contributed by atoms with Crippen molar-refractivity contribution in [2.24, 2.45) is 11.5 Å². The number of ether oxygens (including phenoxy) is 1. The van der Waals surface area contributed by atoms with Crippen molar-refractivity contribution < 1.29 is 23.1 Å². The number of benzene rings is 1. The molecule has 9 heteroatoms. The maximum Gasteiger partial charge on any atom is 0.387 e. The van der Waals surface area contributed by atoms with Crippen LogP contribution in [0.15, 0.2) is 24.3 Å². The van der Waals surface area contributed by atoms with Gasteiger partial charge in [-0.05, 0) is 17.7 Å². The molecule has 0 radical (unpaired) electrons. The number of alkyl halides is 2. The van der Waals surface area contributed by atoms with Gasteiger partial charge in [-0.15, -0.1) is 12.4 Å². The molecule has 2 amide bonds. The van der Waals surface area contributed by atoms with Crippen LogP contribution in [0, 0.1) is 0 Å². The molecule has 22 heavy (non-hydrogen) atoms. The number of carbonyl (C=O) groups excluding carboxylic acids is 2. The first kappa shape index (κ1) is 20.1. The second-order valence-corrected chi connectivity index (χ2v) is 4.49. The average molecular weight is 338 g/mol. The molecule has 0 saturated carbocycles. The van der Waals surface area contributed by atoms with Gasteiger partial charge < -0.3 is 21.1 Å². The first-order chi connectivity index (χ1) is 9.79. The molecule has 1 rings (SSSR count). The van der Waals surface area contributed by atoms with Gasteiger partial charge in [-0.25, -0.2) is 0 Å². The second kappa shape index (κ2) is 9.16. The van der Waals surface area contributed by atoms with Crippen molar-refractivity contribution in [2.75, 3.05) is 7.05 Å². The smallest absolute Gasteiger partial charge is 0.387 e. The lowest BCUT2D eigenvalue weighted by molar-refractivity contribution is -0.133. The summed E-state index contributed by atoms with van der Waals surface area (Å²) >= 11 is 0. The van der Waals surface area contributed by atoms with Crippen molar-refractivity contribution in [3.63, 3.8) is 0 Å². The second-order valence-electron chi connectivity index (χ2n) is 4.49. The standard InChI is InChI=1S/C13H17F2N3O3.ClH/c1-18(12(20)10(16)6-11(17)19)7-8-2-4-9(5-3-8)21-13(14)15;/h2-5,10,13H,6-7,16H2,1H3,(H2,17,19);1H. The van der Waals surface area contributed by atoms with Gasteiger partial charge in [-0.2, -0.15) is 8.78 Å². The highest BCUT2D eigenvalue weighted by atomic mass is 35.5. The van der Waals surface area contributed by atoms with Gasteiger partial charge in [0.2, 0.25) is 11.8 Å². The molecular formula is C13H18ClF2N3O3. The number of nitrogens with zero attached hydrogens (tertiary/aromatic N) is 1. The summed E-state index contributed by atoms with van der Waals surface area (Å²) < 4.78 is 28.2. The molecule has 0 bridgehead atoms. The molecule has 0 aliphatic rings. The highest BCUT2D eigenvalue weighted by Gasteiger charge is 2.20. The van der Waals surface area contributed by atoms with Crippen molar-refractivity contribution >= 4 is 24.2 Å². The Kier molecular flexibility index (Phi) is 8.36. The van der Waals surface area contributed by atoms with Crippen molar-refractivity contribution in [2.45, 2.75) is 25.6 Å². The number of hydrogen-bond acceptors (Lipinski definition) is 4. The number of halogens is 3. The van der Waals surface area contributed by atoms with E-state index in [1.165, 1.54) is 24.1 Å². The third kappa shape index (κ3) is 6.68. The monoisotopic (exact) mass is 337 g/mol. The molecule has 0 fully saturated rings. The number of hydrogen-bond donors (Lipinski definition) is 2. The summed E-state index contributed by atoms with van der Waals surface area (Å²) in [5.74, 6) is -1.05. The first-order valence-corrected chi connectivity index (χ1v) is 6.12. The number of carbonyl (C=O) groups is 2. The molecule has 0 aliphatic carbocycles. The summed E-state index contributed by atoms with van der Waals surface area (Å²) in [6, 6.07) is 4.88. The van der Waals surface area contributed by atoms with Gasteiger partial charge in [0, 0.05) is 13.6 Å². The fourth-order valence-electron chi connectivity index (χ4n) is 1.72. The molecule has 0 spiro atoms. The zero-order valence-electron chi connectivity index (χ0n) is 11.9. The fourth-order valence-corrected chi connectivity index (χ4v) is 1.72. The molecular weight excluding hydrogens is 320 g/mol. The predicted octanol–water partition coefficient (Wildman–Crippen LogP) is 0.871. The van der Waals surface area contributed by atoms with E-state index in [0.29, 0.717) is 5.56 Å². The summed E-state index contributed by atoms with van der Waals surface area (Å²) in [5, 5.41) is 0. The summed E-state index contributed by atoms with van der Waals surface area (Å²) in [5.41, 5.74) is 11.2. The van der Waals surface area contributed by atoms with E-state index in [2.05, 4.69) is 4.74 Å². The molecule has 0 aliphatic heterocycles. The van der Waals surface area contributed by atoms with E-state index in [1.807, 2.05) is 0 Å². The lowest BCUT2D eigenvalue weighted by Gasteiger charge is -2.20. The minimum absolute atomic E-state index is 0. The Morgan fingerprint density at radius 2 is 1.82 bits per heavy atom. The van der Waals surface area contributed by atoms with Crippen molar-refractivity contribution in [1.82, 2.24) is 4.90 Å². The molecule has 0 saturated heterocycles. The first-order valence-electron chi connectivity index (χ1n) is 6.12. The van der Waals surface area contributed by atoms with Gasteiger partial charge in [0.1, 0.15) is 5.75 Å². The molecule has 124 valence electrons. The molecule has 4 N–H and O–H groups in total. The van der Waals surface area contributed by atoms with Crippen molar-refractivity contribution in [1.29, 1.82) is 0 Å². The fraction of sp³-hybridized carbons (Fsp3) is 0.385. The average Bonchev–Trinajstić information content (AvgIpc) is 2.38. The third-order valence-corrected chi connectivity index (χ3v) is 2.68. The van der Waals surface area contributed by atoms with Crippen LogP contribution in [0.4, 0.5) is 8.78 Å².